The molecule has 5 nitrogen and oxygen atoms in total. The normalized spacial score (nSPS) is 34.4. The van der Waals surface area contributed by atoms with Gasteiger partial charge in [-0.15, -0.1) is 0 Å². The highest BCUT2D eigenvalue weighted by Gasteiger charge is 2.37. The van der Waals surface area contributed by atoms with Crippen molar-refractivity contribution in [3.05, 3.63) is 0 Å². The van der Waals surface area contributed by atoms with Gasteiger partial charge in [-0.3, -0.25) is 9.59 Å². The minimum absolute atomic E-state index is 0.269. The molecule has 0 saturated heterocycles. The van der Waals surface area contributed by atoms with Gasteiger partial charge in [-0.2, -0.15) is 0 Å². The maximum atomic E-state index is 11.2. The third kappa shape index (κ3) is 2.26. The number of esters is 1. The lowest BCUT2D eigenvalue weighted by Gasteiger charge is -2.27. The van der Waals surface area contributed by atoms with Crippen molar-refractivity contribution >= 4 is 11.8 Å². The Balaban J connectivity index is 2.59. The number of rotatable bonds is 1. The van der Waals surface area contributed by atoms with Crippen LogP contribution in [-0.2, 0) is 14.3 Å². The third-order valence-corrected chi connectivity index (χ3v) is 2.01. The van der Waals surface area contributed by atoms with Crippen LogP contribution in [-0.4, -0.2) is 40.3 Å². The summed E-state index contributed by atoms with van der Waals surface area (Å²) in [4.78, 5) is 21.7. The molecule has 1 aliphatic rings. The number of Topliss-reactive ketones (excluding diaryl/α,β-unsaturated/α-hetero) is 1. The molecule has 0 spiro atoms. The quantitative estimate of drug-likeness (QED) is 0.516. The number of carbonyl (C=O) groups excluding carboxylic acids is 2. The lowest BCUT2D eigenvalue weighted by molar-refractivity contribution is -0.164. The Hall–Kier alpha value is -0.940. The van der Waals surface area contributed by atoms with Crippen LogP contribution in [0, 0.1) is 0 Å². The Morgan fingerprint density at radius 1 is 1.46 bits per heavy atom. The van der Waals surface area contributed by atoms with Gasteiger partial charge < -0.3 is 14.9 Å². The van der Waals surface area contributed by atoms with E-state index in [9.17, 15) is 9.59 Å². The van der Waals surface area contributed by atoms with Crippen LogP contribution in [0.4, 0.5) is 0 Å². The molecule has 1 fully saturated rings. The summed E-state index contributed by atoms with van der Waals surface area (Å²) in [6.07, 6.45) is -2.80. The fraction of sp³-hybridized carbons (Fsp3) is 0.750. The molecule has 0 amide bonds. The Bertz CT molecular complexity index is 225. The van der Waals surface area contributed by atoms with Crippen molar-refractivity contribution in [1.82, 2.24) is 0 Å². The van der Waals surface area contributed by atoms with Crippen molar-refractivity contribution in [3.63, 3.8) is 0 Å². The standard InChI is InChI=1S/C8H12O5/c1-4(9)13-6-3-2-5(10)7(11)8(6)12/h5-7,10-11H,2-3H2,1H3. The molecule has 0 bridgehead atoms. The van der Waals surface area contributed by atoms with Gasteiger partial charge in [-0.05, 0) is 12.8 Å². The predicted octanol–water partition coefficient (Wildman–Crippen LogP) is -0.997. The summed E-state index contributed by atoms with van der Waals surface area (Å²) in [5, 5.41) is 18.2. The number of carbonyl (C=O) groups is 2. The van der Waals surface area contributed by atoms with Gasteiger partial charge in [-0.25, -0.2) is 0 Å². The second kappa shape index (κ2) is 3.85. The molecule has 0 aliphatic heterocycles. The molecule has 2 N–H and O–H groups in total. The van der Waals surface area contributed by atoms with Crippen molar-refractivity contribution in [3.8, 4) is 0 Å². The molecule has 0 heterocycles. The second-order valence-corrected chi connectivity index (χ2v) is 3.09. The van der Waals surface area contributed by atoms with E-state index in [0.717, 1.165) is 0 Å². The average Bonchev–Trinajstić information content (AvgIpc) is 2.06. The Morgan fingerprint density at radius 2 is 2.08 bits per heavy atom. The summed E-state index contributed by atoms with van der Waals surface area (Å²) in [6, 6.07) is 0. The first-order valence-electron chi connectivity index (χ1n) is 4.09. The molecule has 13 heavy (non-hydrogen) atoms. The van der Waals surface area contributed by atoms with Crippen LogP contribution < -0.4 is 0 Å². The number of ketones is 1. The molecule has 0 radical (unpaired) electrons. The van der Waals surface area contributed by atoms with Gasteiger partial charge in [0.05, 0.1) is 6.10 Å². The summed E-state index contributed by atoms with van der Waals surface area (Å²) in [7, 11) is 0. The van der Waals surface area contributed by atoms with Crippen LogP contribution in [0.3, 0.4) is 0 Å². The first-order chi connectivity index (χ1) is 6.02. The van der Waals surface area contributed by atoms with E-state index >= 15 is 0 Å². The fourth-order valence-electron chi connectivity index (χ4n) is 1.32. The van der Waals surface area contributed by atoms with Crippen LogP contribution in [0.1, 0.15) is 19.8 Å². The number of hydrogen-bond donors (Lipinski definition) is 2. The largest absolute Gasteiger partial charge is 0.454 e. The van der Waals surface area contributed by atoms with Gasteiger partial charge >= 0.3 is 5.97 Å². The summed E-state index contributed by atoms with van der Waals surface area (Å²) in [5.41, 5.74) is 0. The van der Waals surface area contributed by atoms with E-state index in [2.05, 4.69) is 4.74 Å². The van der Waals surface area contributed by atoms with Crippen LogP contribution in [0.5, 0.6) is 0 Å². The van der Waals surface area contributed by atoms with Crippen molar-refractivity contribution in [2.24, 2.45) is 0 Å². The summed E-state index contributed by atoms with van der Waals surface area (Å²) in [6.45, 7) is 1.20. The van der Waals surface area contributed by atoms with Gasteiger partial charge in [-0.1, -0.05) is 0 Å². The minimum Gasteiger partial charge on any atom is -0.454 e. The molecular weight excluding hydrogens is 176 g/mol. The SMILES string of the molecule is CC(=O)OC1CCC(O)C(O)C1=O. The van der Waals surface area contributed by atoms with Crippen molar-refractivity contribution < 1.29 is 24.5 Å². The fourth-order valence-corrected chi connectivity index (χ4v) is 1.32. The first kappa shape index (κ1) is 10.1. The minimum atomic E-state index is -1.42. The maximum Gasteiger partial charge on any atom is 0.303 e. The summed E-state index contributed by atoms with van der Waals surface area (Å²) < 4.78 is 4.66. The van der Waals surface area contributed by atoms with E-state index in [4.69, 9.17) is 10.2 Å². The molecule has 1 aliphatic carbocycles. The lowest BCUT2D eigenvalue weighted by Crippen LogP contribution is -2.47. The van der Waals surface area contributed by atoms with Crippen LogP contribution in [0.15, 0.2) is 0 Å². The zero-order chi connectivity index (χ0) is 10.0. The van der Waals surface area contributed by atoms with E-state index in [1.807, 2.05) is 0 Å². The van der Waals surface area contributed by atoms with Crippen LogP contribution >= 0.6 is 0 Å². The zero-order valence-electron chi connectivity index (χ0n) is 7.27. The molecule has 3 atom stereocenters. The smallest absolute Gasteiger partial charge is 0.303 e. The Kier molecular flexibility index (Phi) is 3.00. The van der Waals surface area contributed by atoms with E-state index in [1.54, 1.807) is 0 Å². The predicted molar refractivity (Wildman–Crippen MR) is 41.8 cm³/mol. The van der Waals surface area contributed by atoms with Crippen molar-refractivity contribution in [1.29, 1.82) is 0 Å². The number of hydrogen-bond acceptors (Lipinski definition) is 5. The van der Waals surface area contributed by atoms with E-state index in [-0.39, 0.29) is 12.8 Å². The molecule has 0 aromatic heterocycles. The highest BCUT2D eigenvalue weighted by molar-refractivity contribution is 5.90. The molecular formula is C8H12O5. The Morgan fingerprint density at radius 3 is 2.62 bits per heavy atom. The number of aliphatic hydroxyl groups excluding tert-OH is 2. The summed E-state index contributed by atoms with van der Waals surface area (Å²) >= 11 is 0. The van der Waals surface area contributed by atoms with Crippen molar-refractivity contribution in [2.75, 3.05) is 0 Å². The molecule has 74 valence electrons. The van der Waals surface area contributed by atoms with E-state index < -0.39 is 30.1 Å². The van der Waals surface area contributed by atoms with Crippen LogP contribution in [0.25, 0.3) is 0 Å². The van der Waals surface area contributed by atoms with E-state index in [1.165, 1.54) is 6.92 Å². The second-order valence-electron chi connectivity index (χ2n) is 3.09. The maximum absolute atomic E-state index is 11.2. The summed E-state index contributed by atoms with van der Waals surface area (Å²) in [5.74, 6) is -1.17. The average molecular weight is 188 g/mol. The van der Waals surface area contributed by atoms with Gasteiger partial charge in [0.1, 0.15) is 6.10 Å². The molecule has 5 heteroatoms. The lowest BCUT2D eigenvalue weighted by atomic mass is 9.91. The number of aliphatic hydroxyl groups is 2. The Labute approximate surface area is 75.3 Å². The van der Waals surface area contributed by atoms with Gasteiger partial charge in [0, 0.05) is 6.92 Å². The molecule has 3 unspecified atom stereocenters. The van der Waals surface area contributed by atoms with Gasteiger partial charge in [0.25, 0.3) is 0 Å². The molecule has 0 aromatic rings. The monoisotopic (exact) mass is 188 g/mol. The zero-order valence-corrected chi connectivity index (χ0v) is 7.27. The topological polar surface area (TPSA) is 83.8 Å². The van der Waals surface area contributed by atoms with E-state index in [0.29, 0.717) is 0 Å². The molecule has 1 rings (SSSR count). The van der Waals surface area contributed by atoms with Gasteiger partial charge in [0.2, 0.25) is 5.78 Å². The van der Waals surface area contributed by atoms with Crippen LogP contribution in [0.2, 0.25) is 0 Å². The highest BCUT2D eigenvalue weighted by atomic mass is 16.5. The van der Waals surface area contributed by atoms with Crippen molar-refractivity contribution in [2.45, 2.75) is 38.1 Å². The highest BCUT2D eigenvalue weighted by Crippen LogP contribution is 2.18. The van der Waals surface area contributed by atoms with Gasteiger partial charge in [0.15, 0.2) is 6.10 Å². The molecule has 0 aromatic carbocycles. The first-order valence-corrected chi connectivity index (χ1v) is 4.09. The molecule has 1 saturated carbocycles. The third-order valence-electron chi connectivity index (χ3n) is 2.01. The number of ether oxygens (including phenoxy) is 1.